The van der Waals surface area contributed by atoms with Crippen LogP contribution in [-0.4, -0.2) is 65.6 Å². The minimum atomic E-state index is -4.03. The molecule has 3 N–H and O–H groups in total. The Bertz CT molecular complexity index is 1190. The summed E-state index contributed by atoms with van der Waals surface area (Å²) in [4.78, 5) is 6.28. The topological polar surface area (TPSA) is 124 Å². The number of aliphatic hydroxyl groups is 1. The highest BCUT2D eigenvalue weighted by atomic mass is 32.2. The van der Waals surface area contributed by atoms with Crippen LogP contribution < -0.4 is 5.14 Å². The molecule has 1 aliphatic heterocycles. The fraction of sp³-hybridized carbons (Fsp3) is 0.333. The van der Waals surface area contributed by atoms with Gasteiger partial charge in [0.1, 0.15) is 17.3 Å². The molecule has 1 aliphatic rings. The Morgan fingerprint density at radius 1 is 1.22 bits per heavy atom. The van der Waals surface area contributed by atoms with E-state index in [1.165, 1.54) is 16.8 Å². The van der Waals surface area contributed by atoms with Crippen LogP contribution in [-0.2, 0) is 27.7 Å². The predicted molar refractivity (Wildman–Crippen MR) is 114 cm³/mol. The Labute approximate surface area is 185 Å². The van der Waals surface area contributed by atoms with Crippen molar-refractivity contribution in [2.45, 2.75) is 24.0 Å². The molecule has 0 aliphatic carbocycles. The Hall–Kier alpha value is -2.70. The number of ether oxygens (including phenoxy) is 1. The number of halogens is 1. The molecule has 3 aromatic rings. The van der Waals surface area contributed by atoms with Gasteiger partial charge in [0, 0.05) is 19.5 Å². The zero-order chi connectivity index (χ0) is 22.7. The van der Waals surface area contributed by atoms with Crippen LogP contribution in [0.1, 0.15) is 17.2 Å². The number of hydrogen-bond acceptors (Lipinski definition) is 7. The maximum atomic E-state index is 14.9. The molecule has 1 unspecified atom stereocenters. The summed E-state index contributed by atoms with van der Waals surface area (Å²) in [5.74, 6) is 0.181. The predicted octanol–water partition coefficient (Wildman–Crippen LogP) is 0.838. The molecule has 0 amide bonds. The summed E-state index contributed by atoms with van der Waals surface area (Å²) in [5, 5.41) is 19.6. The third-order valence-electron chi connectivity index (χ3n) is 5.10. The summed E-state index contributed by atoms with van der Waals surface area (Å²) in [6, 6.07) is 13.0. The van der Waals surface area contributed by atoms with Gasteiger partial charge in [0.25, 0.3) is 0 Å². The molecular weight excluding hydrogens is 437 g/mol. The fourth-order valence-corrected chi connectivity index (χ4v) is 4.11. The third-order valence-corrected chi connectivity index (χ3v) is 6.01. The van der Waals surface area contributed by atoms with E-state index in [0.717, 1.165) is 11.6 Å². The SMILES string of the molecule is NS(=O)(=O)c1ccc(-n2nc(CN3CCOCC(O)C3)nc2Cc2ccccc2)c(F)c1. The maximum Gasteiger partial charge on any atom is 0.238 e. The number of nitrogens with two attached hydrogens (primary N) is 1. The lowest BCUT2D eigenvalue weighted by atomic mass is 10.1. The van der Waals surface area contributed by atoms with Crippen molar-refractivity contribution in [3.05, 3.63) is 71.6 Å². The smallest absolute Gasteiger partial charge is 0.238 e. The van der Waals surface area contributed by atoms with Crippen LogP contribution in [0.3, 0.4) is 0 Å². The molecule has 11 heteroatoms. The highest BCUT2D eigenvalue weighted by molar-refractivity contribution is 7.89. The Morgan fingerprint density at radius 2 is 2.00 bits per heavy atom. The Balaban J connectivity index is 1.69. The number of primary sulfonamides is 1. The van der Waals surface area contributed by atoms with Crippen molar-refractivity contribution in [1.29, 1.82) is 0 Å². The van der Waals surface area contributed by atoms with Gasteiger partial charge in [0.2, 0.25) is 10.0 Å². The molecule has 0 saturated carbocycles. The van der Waals surface area contributed by atoms with Crippen molar-refractivity contribution in [3.63, 3.8) is 0 Å². The summed E-state index contributed by atoms with van der Waals surface area (Å²) >= 11 is 0. The van der Waals surface area contributed by atoms with E-state index in [1.54, 1.807) is 0 Å². The first kappa shape index (κ1) is 22.5. The average Bonchev–Trinajstić information content (AvgIpc) is 3.00. The lowest BCUT2D eigenvalue weighted by Crippen LogP contribution is -2.32. The minimum absolute atomic E-state index is 0.0707. The number of aromatic nitrogens is 3. The highest BCUT2D eigenvalue weighted by Gasteiger charge is 2.21. The van der Waals surface area contributed by atoms with Crippen molar-refractivity contribution in [2.24, 2.45) is 5.14 Å². The number of sulfonamides is 1. The molecule has 2 aromatic carbocycles. The zero-order valence-corrected chi connectivity index (χ0v) is 18.1. The van der Waals surface area contributed by atoms with Crippen LogP contribution in [0.5, 0.6) is 0 Å². The number of nitrogens with zero attached hydrogens (tertiary/aromatic N) is 4. The van der Waals surface area contributed by atoms with Gasteiger partial charge in [0.05, 0.1) is 30.8 Å². The Kier molecular flexibility index (Phi) is 6.63. The van der Waals surface area contributed by atoms with E-state index in [-0.39, 0.29) is 17.2 Å². The van der Waals surface area contributed by atoms with Crippen molar-refractivity contribution in [1.82, 2.24) is 19.7 Å². The standard InChI is InChI=1S/C21H24FN5O4S/c22-18-11-17(32(23,29)30)6-7-19(18)27-21(10-15-4-2-1-3-5-15)24-20(25-27)13-26-8-9-31-14-16(28)12-26/h1-7,11,16,28H,8-10,12-14H2,(H2,23,29,30). The number of hydrogen-bond donors (Lipinski definition) is 2. The number of aliphatic hydroxyl groups excluding tert-OH is 1. The zero-order valence-electron chi connectivity index (χ0n) is 17.3. The molecule has 1 aromatic heterocycles. The largest absolute Gasteiger partial charge is 0.389 e. The summed E-state index contributed by atoms with van der Waals surface area (Å²) in [5.41, 5.74) is 1.04. The number of benzene rings is 2. The minimum Gasteiger partial charge on any atom is -0.389 e. The third kappa shape index (κ3) is 5.37. The van der Waals surface area contributed by atoms with E-state index in [1.807, 2.05) is 35.2 Å². The molecule has 1 fully saturated rings. The molecule has 1 atom stereocenters. The van der Waals surface area contributed by atoms with Gasteiger partial charge in [-0.1, -0.05) is 30.3 Å². The van der Waals surface area contributed by atoms with Crippen molar-refractivity contribution in [3.8, 4) is 5.69 Å². The van der Waals surface area contributed by atoms with Crippen LogP contribution in [0.25, 0.3) is 5.69 Å². The van der Waals surface area contributed by atoms with Crippen LogP contribution in [0, 0.1) is 5.82 Å². The molecule has 0 radical (unpaired) electrons. The maximum absolute atomic E-state index is 14.9. The van der Waals surface area contributed by atoms with Crippen LogP contribution >= 0.6 is 0 Å². The van der Waals surface area contributed by atoms with Gasteiger partial charge < -0.3 is 9.84 Å². The number of β-amino-alcohol motifs (C(OH)–C–C–N with tert-alkyl or cyclic N) is 1. The highest BCUT2D eigenvalue weighted by Crippen LogP contribution is 2.20. The van der Waals surface area contributed by atoms with Gasteiger partial charge >= 0.3 is 0 Å². The number of rotatable bonds is 6. The van der Waals surface area contributed by atoms with E-state index in [0.29, 0.717) is 44.3 Å². The molecule has 4 rings (SSSR count). The molecule has 0 spiro atoms. The van der Waals surface area contributed by atoms with Gasteiger partial charge in [0.15, 0.2) is 5.82 Å². The van der Waals surface area contributed by atoms with Gasteiger partial charge in [-0.05, 0) is 23.8 Å². The first-order valence-corrected chi connectivity index (χ1v) is 11.6. The van der Waals surface area contributed by atoms with Gasteiger partial charge in [-0.25, -0.2) is 27.6 Å². The molecule has 2 heterocycles. The van der Waals surface area contributed by atoms with E-state index < -0.39 is 21.9 Å². The molecule has 170 valence electrons. The molecule has 32 heavy (non-hydrogen) atoms. The van der Waals surface area contributed by atoms with E-state index >= 15 is 0 Å². The van der Waals surface area contributed by atoms with Crippen molar-refractivity contribution >= 4 is 10.0 Å². The van der Waals surface area contributed by atoms with Crippen LogP contribution in [0.15, 0.2) is 53.4 Å². The van der Waals surface area contributed by atoms with Crippen molar-refractivity contribution in [2.75, 3.05) is 26.3 Å². The monoisotopic (exact) mass is 461 g/mol. The summed E-state index contributed by atoms with van der Waals surface area (Å²) in [6.45, 7) is 2.14. The molecule has 9 nitrogen and oxygen atoms in total. The van der Waals surface area contributed by atoms with Gasteiger partial charge in [-0.2, -0.15) is 0 Å². The lowest BCUT2D eigenvalue weighted by Gasteiger charge is -2.18. The van der Waals surface area contributed by atoms with Gasteiger partial charge in [-0.15, -0.1) is 5.10 Å². The second-order valence-electron chi connectivity index (χ2n) is 7.64. The van der Waals surface area contributed by atoms with Crippen molar-refractivity contribution < 1.29 is 22.7 Å². The van der Waals surface area contributed by atoms with E-state index in [9.17, 15) is 17.9 Å². The van der Waals surface area contributed by atoms with Crippen LogP contribution in [0.4, 0.5) is 4.39 Å². The fourth-order valence-electron chi connectivity index (χ4n) is 3.58. The summed E-state index contributed by atoms with van der Waals surface area (Å²) in [7, 11) is -4.03. The second kappa shape index (κ2) is 9.43. The first-order chi connectivity index (χ1) is 15.3. The lowest BCUT2D eigenvalue weighted by molar-refractivity contribution is 0.0561. The normalized spacial score (nSPS) is 17.9. The molecule has 0 bridgehead atoms. The second-order valence-corrected chi connectivity index (χ2v) is 9.20. The first-order valence-electron chi connectivity index (χ1n) is 10.1. The van der Waals surface area contributed by atoms with E-state index in [4.69, 9.17) is 9.88 Å². The van der Waals surface area contributed by atoms with Crippen LogP contribution in [0.2, 0.25) is 0 Å². The van der Waals surface area contributed by atoms with E-state index in [2.05, 4.69) is 10.1 Å². The molecule has 1 saturated heterocycles. The Morgan fingerprint density at radius 3 is 2.72 bits per heavy atom. The molecular formula is C21H24FN5O4S. The quantitative estimate of drug-likeness (QED) is 0.557. The summed E-state index contributed by atoms with van der Waals surface area (Å²) in [6.07, 6.45) is -0.206. The summed E-state index contributed by atoms with van der Waals surface area (Å²) < 4.78 is 44.8. The van der Waals surface area contributed by atoms with Gasteiger partial charge in [-0.3, -0.25) is 4.90 Å². The average molecular weight is 462 g/mol.